The monoisotopic (exact) mass is 328 g/mol. The second-order valence-electron chi connectivity index (χ2n) is 5.68. The lowest BCUT2D eigenvalue weighted by atomic mass is 10.2. The van der Waals surface area contributed by atoms with E-state index in [0.29, 0.717) is 24.9 Å². The van der Waals surface area contributed by atoms with Crippen molar-refractivity contribution in [3.8, 4) is 11.5 Å². The van der Waals surface area contributed by atoms with Gasteiger partial charge in [0.2, 0.25) is 5.89 Å². The Labute approximate surface area is 140 Å². The average molecular weight is 328 g/mol. The molecule has 1 aromatic heterocycles. The van der Waals surface area contributed by atoms with Crippen LogP contribution in [-0.2, 0) is 6.42 Å². The van der Waals surface area contributed by atoms with E-state index in [2.05, 4.69) is 32.8 Å². The lowest BCUT2D eigenvalue weighted by Crippen LogP contribution is -2.43. The maximum absolute atomic E-state index is 12.9. The van der Waals surface area contributed by atoms with Crippen molar-refractivity contribution in [1.82, 2.24) is 15.6 Å². The molecule has 0 fully saturated rings. The maximum atomic E-state index is 12.9. The predicted octanol–water partition coefficient (Wildman–Crippen LogP) is 2.91. The van der Waals surface area contributed by atoms with Gasteiger partial charge in [-0.2, -0.15) is 0 Å². The molecule has 0 amide bonds. The van der Waals surface area contributed by atoms with E-state index in [0.717, 1.165) is 30.1 Å². The zero-order valence-corrected chi connectivity index (χ0v) is 13.6. The van der Waals surface area contributed by atoms with E-state index in [-0.39, 0.29) is 5.82 Å². The van der Waals surface area contributed by atoms with Gasteiger partial charge in [0.05, 0.1) is 5.69 Å². The summed E-state index contributed by atoms with van der Waals surface area (Å²) in [5, 5.41) is 6.67. The molecular formula is C18H21FN4O. The van der Waals surface area contributed by atoms with Crippen LogP contribution in [0.15, 0.2) is 52.1 Å². The zero-order chi connectivity index (χ0) is 16.8. The molecule has 0 saturated carbocycles. The van der Waals surface area contributed by atoms with Gasteiger partial charge in [0.25, 0.3) is 0 Å². The Balaban J connectivity index is 1.49. The van der Waals surface area contributed by atoms with Crippen LogP contribution in [0, 0.1) is 5.82 Å². The van der Waals surface area contributed by atoms with E-state index >= 15 is 0 Å². The molecular weight excluding hydrogens is 307 g/mol. The summed E-state index contributed by atoms with van der Waals surface area (Å²) in [7, 11) is 1.76. The molecule has 0 aliphatic heterocycles. The second-order valence-corrected chi connectivity index (χ2v) is 5.68. The van der Waals surface area contributed by atoms with Crippen molar-refractivity contribution in [2.75, 3.05) is 13.6 Å². The fourth-order valence-electron chi connectivity index (χ4n) is 2.58. The van der Waals surface area contributed by atoms with Crippen molar-refractivity contribution in [3.05, 3.63) is 54.2 Å². The first kappa shape index (κ1) is 16.2. The Morgan fingerprint density at radius 1 is 1.29 bits per heavy atom. The van der Waals surface area contributed by atoms with Crippen LogP contribution in [0.1, 0.15) is 18.5 Å². The fraction of sp³-hybridized carbons (Fsp3) is 0.333. The van der Waals surface area contributed by atoms with Crippen LogP contribution in [0.4, 0.5) is 4.39 Å². The summed E-state index contributed by atoms with van der Waals surface area (Å²) >= 11 is 0. The molecule has 1 heterocycles. The van der Waals surface area contributed by atoms with Gasteiger partial charge in [0.1, 0.15) is 12.1 Å². The SMILES string of the molecule is CN=C(NCCc1coc(-c2ccc(F)cc2)n1)NC1CC=CC1. The van der Waals surface area contributed by atoms with Crippen molar-refractivity contribution in [1.29, 1.82) is 0 Å². The normalized spacial score (nSPS) is 15.0. The van der Waals surface area contributed by atoms with Gasteiger partial charge in [-0.15, -0.1) is 0 Å². The van der Waals surface area contributed by atoms with Crippen LogP contribution in [-0.4, -0.2) is 30.6 Å². The van der Waals surface area contributed by atoms with Gasteiger partial charge in [0, 0.05) is 31.6 Å². The molecule has 5 nitrogen and oxygen atoms in total. The molecule has 0 bridgehead atoms. The minimum atomic E-state index is -0.272. The van der Waals surface area contributed by atoms with E-state index in [9.17, 15) is 4.39 Å². The third-order valence-corrected chi connectivity index (χ3v) is 3.89. The van der Waals surface area contributed by atoms with Gasteiger partial charge in [-0.3, -0.25) is 4.99 Å². The summed E-state index contributed by atoms with van der Waals surface area (Å²) in [4.78, 5) is 8.67. The standard InChI is InChI=1S/C18H21FN4O/c1-20-18(23-15-4-2-3-5-15)21-11-10-16-12-24-17(22-16)13-6-8-14(19)9-7-13/h2-3,6-9,12,15H,4-5,10-11H2,1H3,(H2,20,21,23). The van der Waals surface area contributed by atoms with Crippen molar-refractivity contribution in [2.45, 2.75) is 25.3 Å². The van der Waals surface area contributed by atoms with Crippen molar-refractivity contribution < 1.29 is 8.81 Å². The Bertz CT molecular complexity index is 713. The van der Waals surface area contributed by atoms with Crippen LogP contribution in [0.2, 0.25) is 0 Å². The topological polar surface area (TPSA) is 62.5 Å². The molecule has 126 valence electrons. The van der Waals surface area contributed by atoms with Gasteiger partial charge in [-0.1, -0.05) is 12.2 Å². The molecule has 6 heteroatoms. The summed E-state index contributed by atoms with van der Waals surface area (Å²) in [6, 6.07) is 6.53. The lowest BCUT2D eigenvalue weighted by Gasteiger charge is -2.16. The number of hydrogen-bond donors (Lipinski definition) is 2. The number of benzene rings is 1. The summed E-state index contributed by atoms with van der Waals surface area (Å²) in [5.41, 5.74) is 1.61. The minimum absolute atomic E-state index is 0.272. The predicted molar refractivity (Wildman–Crippen MR) is 92.3 cm³/mol. The second kappa shape index (κ2) is 7.77. The molecule has 0 atom stereocenters. The van der Waals surface area contributed by atoms with Crippen LogP contribution in [0.25, 0.3) is 11.5 Å². The minimum Gasteiger partial charge on any atom is -0.444 e. The fourth-order valence-corrected chi connectivity index (χ4v) is 2.58. The molecule has 0 spiro atoms. The van der Waals surface area contributed by atoms with E-state index in [1.807, 2.05) is 0 Å². The number of nitrogens with zero attached hydrogens (tertiary/aromatic N) is 2. The number of guanidine groups is 1. The molecule has 24 heavy (non-hydrogen) atoms. The first-order valence-electron chi connectivity index (χ1n) is 8.07. The Morgan fingerprint density at radius 3 is 2.75 bits per heavy atom. The lowest BCUT2D eigenvalue weighted by molar-refractivity contribution is 0.571. The summed E-state index contributed by atoms with van der Waals surface area (Å²) in [6.07, 6.45) is 8.77. The van der Waals surface area contributed by atoms with Gasteiger partial charge in [-0.05, 0) is 37.1 Å². The highest BCUT2D eigenvalue weighted by atomic mass is 19.1. The number of oxazole rings is 1. The third kappa shape index (κ3) is 4.22. The van der Waals surface area contributed by atoms with Gasteiger partial charge in [0.15, 0.2) is 5.96 Å². The largest absolute Gasteiger partial charge is 0.444 e. The van der Waals surface area contributed by atoms with Crippen molar-refractivity contribution >= 4 is 5.96 Å². The Kier molecular flexibility index (Phi) is 5.25. The number of halogens is 1. The number of hydrogen-bond acceptors (Lipinski definition) is 3. The quantitative estimate of drug-likeness (QED) is 0.503. The van der Waals surface area contributed by atoms with Gasteiger partial charge >= 0.3 is 0 Å². The first-order chi connectivity index (χ1) is 11.7. The van der Waals surface area contributed by atoms with E-state index < -0.39 is 0 Å². The van der Waals surface area contributed by atoms with Crippen LogP contribution in [0.5, 0.6) is 0 Å². The molecule has 0 saturated heterocycles. The number of rotatable bonds is 5. The Morgan fingerprint density at radius 2 is 2.04 bits per heavy atom. The van der Waals surface area contributed by atoms with E-state index in [1.165, 1.54) is 12.1 Å². The molecule has 0 radical (unpaired) electrons. The van der Waals surface area contributed by atoms with E-state index in [1.54, 1.807) is 25.4 Å². The first-order valence-corrected chi connectivity index (χ1v) is 8.07. The molecule has 0 unspecified atom stereocenters. The third-order valence-electron chi connectivity index (χ3n) is 3.89. The van der Waals surface area contributed by atoms with Crippen LogP contribution < -0.4 is 10.6 Å². The summed E-state index contributed by atoms with van der Waals surface area (Å²) < 4.78 is 18.4. The molecule has 3 rings (SSSR count). The number of aromatic nitrogens is 1. The molecule has 2 aromatic rings. The molecule has 1 aliphatic carbocycles. The zero-order valence-electron chi connectivity index (χ0n) is 13.6. The van der Waals surface area contributed by atoms with Crippen LogP contribution >= 0.6 is 0 Å². The van der Waals surface area contributed by atoms with Crippen LogP contribution in [0.3, 0.4) is 0 Å². The molecule has 1 aliphatic rings. The highest BCUT2D eigenvalue weighted by Crippen LogP contribution is 2.19. The molecule has 1 aromatic carbocycles. The number of nitrogens with one attached hydrogen (secondary N) is 2. The summed E-state index contributed by atoms with van der Waals surface area (Å²) in [5.74, 6) is 1.03. The van der Waals surface area contributed by atoms with Gasteiger partial charge in [-0.25, -0.2) is 9.37 Å². The smallest absolute Gasteiger partial charge is 0.226 e. The van der Waals surface area contributed by atoms with Crippen molar-refractivity contribution in [3.63, 3.8) is 0 Å². The summed E-state index contributed by atoms with van der Waals surface area (Å²) in [6.45, 7) is 0.704. The highest BCUT2D eigenvalue weighted by Gasteiger charge is 2.12. The maximum Gasteiger partial charge on any atom is 0.226 e. The van der Waals surface area contributed by atoms with E-state index in [4.69, 9.17) is 4.42 Å². The average Bonchev–Trinajstić information content (AvgIpc) is 3.26. The number of aliphatic imine (C=N–C) groups is 1. The van der Waals surface area contributed by atoms with Crippen molar-refractivity contribution in [2.24, 2.45) is 4.99 Å². The highest BCUT2D eigenvalue weighted by molar-refractivity contribution is 5.80. The Hall–Kier alpha value is -2.63. The molecule has 2 N–H and O–H groups in total. The van der Waals surface area contributed by atoms with Gasteiger partial charge < -0.3 is 15.1 Å².